The third-order valence-corrected chi connectivity index (χ3v) is 3.99. The maximum absolute atomic E-state index is 9.09. The van der Waals surface area contributed by atoms with E-state index in [0.29, 0.717) is 24.0 Å². The molecule has 0 aromatic carbocycles. The van der Waals surface area contributed by atoms with Gasteiger partial charge in [0.1, 0.15) is 12.2 Å². The SMILES string of the molecule is C(OCC1CO1)C1CO1.CCCC(CO)CC(CO)CCC. The van der Waals surface area contributed by atoms with Gasteiger partial charge in [0.2, 0.25) is 0 Å². The predicted molar refractivity (Wildman–Crippen MR) is 85.9 cm³/mol. The summed E-state index contributed by atoms with van der Waals surface area (Å²) in [5.74, 6) is 0.794. The summed E-state index contributed by atoms with van der Waals surface area (Å²) in [6.07, 6.45) is 6.17. The highest BCUT2D eigenvalue weighted by atomic mass is 16.6. The number of epoxide rings is 2. The fraction of sp³-hybridized carbons (Fsp3) is 1.00. The molecule has 0 aromatic rings. The molecule has 2 heterocycles. The van der Waals surface area contributed by atoms with E-state index in [2.05, 4.69) is 13.8 Å². The van der Waals surface area contributed by atoms with Crippen LogP contribution in [0.15, 0.2) is 0 Å². The topological polar surface area (TPSA) is 74.8 Å². The Labute approximate surface area is 135 Å². The van der Waals surface area contributed by atoms with Gasteiger partial charge < -0.3 is 24.4 Å². The van der Waals surface area contributed by atoms with Crippen molar-refractivity contribution in [3.63, 3.8) is 0 Å². The van der Waals surface area contributed by atoms with Gasteiger partial charge in [-0.3, -0.25) is 0 Å². The summed E-state index contributed by atoms with van der Waals surface area (Å²) in [4.78, 5) is 0. The fourth-order valence-electron chi connectivity index (χ4n) is 2.51. The minimum absolute atomic E-state index is 0.272. The van der Waals surface area contributed by atoms with Gasteiger partial charge >= 0.3 is 0 Å². The third kappa shape index (κ3) is 10.5. The normalized spacial score (nSPS) is 25.1. The lowest BCUT2D eigenvalue weighted by molar-refractivity contribution is 0.102. The van der Waals surface area contributed by atoms with Crippen LogP contribution in [0.25, 0.3) is 0 Å². The van der Waals surface area contributed by atoms with E-state index in [4.69, 9.17) is 24.4 Å². The van der Waals surface area contributed by atoms with Crippen LogP contribution in [0.1, 0.15) is 46.0 Å². The average molecular weight is 318 g/mol. The van der Waals surface area contributed by atoms with Gasteiger partial charge in [0, 0.05) is 13.2 Å². The summed E-state index contributed by atoms with van der Waals surface area (Å²) in [5, 5.41) is 18.2. The second-order valence-corrected chi connectivity index (χ2v) is 6.36. The first-order chi connectivity index (χ1) is 10.7. The molecule has 0 spiro atoms. The Bertz CT molecular complexity index is 229. The van der Waals surface area contributed by atoms with Gasteiger partial charge in [0.25, 0.3) is 0 Å². The van der Waals surface area contributed by atoms with Crippen molar-refractivity contribution in [2.24, 2.45) is 11.8 Å². The Morgan fingerprint density at radius 3 is 1.59 bits per heavy atom. The maximum atomic E-state index is 9.09. The number of aliphatic hydroxyl groups excluding tert-OH is 2. The average Bonchev–Trinajstić information content (AvgIpc) is 3.41. The summed E-state index contributed by atoms with van der Waals surface area (Å²) in [6, 6.07) is 0. The molecule has 0 amide bonds. The van der Waals surface area contributed by atoms with Crippen molar-refractivity contribution in [3.05, 3.63) is 0 Å². The molecule has 4 unspecified atom stereocenters. The van der Waals surface area contributed by atoms with E-state index in [1.807, 2.05) is 0 Å². The molecule has 2 saturated heterocycles. The van der Waals surface area contributed by atoms with E-state index in [1.165, 1.54) is 0 Å². The molecule has 132 valence electrons. The molecule has 5 heteroatoms. The van der Waals surface area contributed by atoms with Gasteiger partial charge in [-0.1, -0.05) is 26.7 Å². The van der Waals surface area contributed by atoms with E-state index in [9.17, 15) is 0 Å². The van der Waals surface area contributed by atoms with Crippen molar-refractivity contribution in [2.75, 3.05) is 39.6 Å². The van der Waals surface area contributed by atoms with Crippen LogP contribution < -0.4 is 0 Å². The van der Waals surface area contributed by atoms with Crippen molar-refractivity contribution in [2.45, 2.75) is 58.2 Å². The van der Waals surface area contributed by atoms with E-state index >= 15 is 0 Å². The highest BCUT2D eigenvalue weighted by Crippen LogP contribution is 2.20. The molecular formula is C17H34O5. The molecule has 0 radical (unpaired) electrons. The molecule has 2 fully saturated rings. The largest absolute Gasteiger partial charge is 0.396 e. The zero-order valence-corrected chi connectivity index (χ0v) is 14.2. The first-order valence-electron chi connectivity index (χ1n) is 8.76. The lowest BCUT2D eigenvalue weighted by Crippen LogP contribution is -2.15. The van der Waals surface area contributed by atoms with Crippen molar-refractivity contribution in [3.8, 4) is 0 Å². The smallest absolute Gasteiger partial charge is 0.104 e. The lowest BCUT2D eigenvalue weighted by Gasteiger charge is -2.19. The van der Waals surface area contributed by atoms with E-state index in [1.54, 1.807) is 0 Å². The zero-order chi connectivity index (χ0) is 16.2. The predicted octanol–water partition coefficient (Wildman–Crippen LogP) is 1.99. The van der Waals surface area contributed by atoms with E-state index < -0.39 is 0 Å². The summed E-state index contributed by atoms with van der Waals surface area (Å²) < 4.78 is 15.1. The van der Waals surface area contributed by atoms with Gasteiger partial charge in [0.15, 0.2) is 0 Å². The van der Waals surface area contributed by atoms with Crippen LogP contribution in [-0.4, -0.2) is 62.1 Å². The molecule has 0 aliphatic carbocycles. The second kappa shape index (κ2) is 12.3. The molecule has 0 saturated carbocycles. The molecule has 5 nitrogen and oxygen atoms in total. The molecular weight excluding hydrogens is 284 g/mol. The molecule has 22 heavy (non-hydrogen) atoms. The lowest BCUT2D eigenvalue weighted by atomic mass is 9.89. The van der Waals surface area contributed by atoms with Crippen LogP contribution >= 0.6 is 0 Å². The highest BCUT2D eigenvalue weighted by Gasteiger charge is 2.26. The van der Waals surface area contributed by atoms with E-state index in [0.717, 1.165) is 58.5 Å². The van der Waals surface area contributed by atoms with Crippen molar-refractivity contribution in [1.29, 1.82) is 0 Å². The first kappa shape index (κ1) is 19.8. The quantitative estimate of drug-likeness (QED) is 0.538. The van der Waals surface area contributed by atoms with Crippen molar-refractivity contribution < 1.29 is 24.4 Å². The number of rotatable bonds is 12. The van der Waals surface area contributed by atoms with Gasteiger partial charge in [-0.2, -0.15) is 0 Å². The second-order valence-electron chi connectivity index (χ2n) is 6.36. The van der Waals surface area contributed by atoms with E-state index in [-0.39, 0.29) is 13.2 Å². The van der Waals surface area contributed by atoms with Gasteiger partial charge in [0.05, 0.1) is 26.4 Å². The number of hydrogen-bond donors (Lipinski definition) is 2. The highest BCUT2D eigenvalue weighted by molar-refractivity contribution is 4.71. The molecule has 0 aromatic heterocycles. The molecule has 0 bridgehead atoms. The Hall–Kier alpha value is -0.200. The Morgan fingerprint density at radius 1 is 0.909 bits per heavy atom. The summed E-state index contributed by atoms with van der Waals surface area (Å²) in [5.41, 5.74) is 0. The van der Waals surface area contributed by atoms with Crippen LogP contribution in [-0.2, 0) is 14.2 Å². The molecule has 2 N–H and O–H groups in total. The first-order valence-corrected chi connectivity index (χ1v) is 8.76. The molecule has 2 rings (SSSR count). The summed E-state index contributed by atoms with van der Waals surface area (Å²) >= 11 is 0. The Kier molecular flexibility index (Phi) is 11.1. The number of ether oxygens (including phenoxy) is 3. The summed E-state index contributed by atoms with van der Waals surface area (Å²) in [6.45, 7) is 8.08. The monoisotopic (exact) mass is 318 g/mol. The fourth-order valence-corrected chi connectivity index (χ4v) is 2.51. The standard InChI is InChI=1S/C11H24O2.C6H10O3/c1-3-5-10(8-12)7-11(9-13)6-4-2;1(5-3-8-5)7-2-6-4-9-6/h10-13H,3-9H2,1-2H3;5-6H,1-4H2. The molecule has 4 atom stereocenters. The zero-order valence-electron chi connectivity index (χ0n) is 14.2. The van der Waals surface area contributed by atoms with Crippen LogP contribution in [0.4, 0.5) is 0 Å². The van der Waals surface area contributed by atoms with Gasteiger partial charge in [-0.25, -0.2) is 0 Å². The van der Waals surface area contributed by atoms with Crippen molar-refractivity contribution >= 4 is 0 Å². The van der Waals surface area contributed by atoms with Gasteiger partial charge in [-0.15, -0.1) is 0 Å². The Morgan fingerprint density at radius 2 is 1.32 bits per heavy atom. The van der Waals surface area contributed by atoms with Crippen LogP contribution in [0.5, 0.6) is 0 Å². The summed E-state index contributed by atoms with van der Waals surface area (Å²) in [7, 11) is 0. The minimum atomic E-state index is 0.272. The molecule has 2 aliphatic heterocycles. The molecule has 2 aliphatic rings. The Balaban J connectivity index is 0.000000231. The minimum Gasteiger partial charge on any atom is -0.396 e. The number of aliphatic hydroxyl groups is 2. The van der Waals surface area contributed by atoms with Crippen LogP contribution in [0.3, 0.4) is 0 Å². The van der Waals surface area contributed by atoms with Crippen LogP contribution in [0.2, 0.25) is 0 Å². The van der Waals surface area contributed by atoms with Gasteiger partial charge in [-0.05, 0) is 31.1 Å². The third-order valence-electron chi connectivity index (χ3n) is 3.99. The maximum Gasteiger partial charge on any atom is 0.104 e. The van der Waals surface area contributed by atoms with Crippen molar-refractivity contribution in [1.82, 2.24) is 0 Å². The van der Waals surface area contributed by atoms with Crippen LogP contribution in [0, 0.1) is 11.8 Å². The number of hydrogen-bond acceptors (Lipinski definition) is 5.